The second-order valence-corrected chi connectivity index (χ2v) is 5.42. The summed E-state index contributed by atoms with van der Waals surface area (Å²) in [6.45, 7) is 6.28. The maximum Gasteiger partial charge on any atom is 0.241 e. The predicted molar refractivity (Wildman–Crippen MR) is 78.4 cm³/mol. The monoisotopic (exact) mass is 276 g/mol. The number of aromatic amines is 1. The molecule has 108 valence electrons. The Morgan fingerprint density at radius 2 is 2.00 bits per heavy atom. The summed E-state index contributed by atoms with van der Waals surface area (Å²) in [7, 11) is 2.16. The molecular weight excluding hydrogens is 256 g/mol. The van der Waals surface area contributed by atoms with Crippen molar-refractivity contribution in [2.45, 2.75) is 25.9 Å². The van der Waals surface area contributed by atoms with Gasteiger partial charge in [-0.15, -0.1) is 0 Å². The number of hydrogen-bond acceptors (Lipinski definition) is 7. The van der Waals surface area contributed by atoms with E-state index in [9.17, 15) is 0 Å². The number of aromatic nitrogens is 4. The molecule has 20 heavy (non-hydrogen) atoms. The summed E-state index contributed by atoms with van der Waals surface area (Å²) in [6.07, 6.45) is 1.76. The fourth-order valence-electron chi connectivity index (χ4n) is 2.70. The first kappa shape index (κ1) is 13.1. The van der Waals surface area contributed by atoms with Crippen LogP contribution in [0.15, 0.2) is 6.20 Å². The number of hydrogen-bond donors (Lipinski definition) is 3. The summed E-state index contributed by atoms with van der Waals surface area (Å²) in [6, 6.07) is 0.926. The van der Waals surface area contributed by atoms with Crippen molar-refractivity contribution in [3.63, 3.8) is 0 Å². The largest absolute Gasteiger partial charge is 0.353 e. The first-order valence-corrected chi connectivity index (χ1v) is 6.74. The molecule has 2 aromatic heterocycles. The summed E-state index contributed by atoms with van der Waals surface area (Å²) in [4.78, 5) is 13.4. The van der Waals surface area contributed by atoms with E-state index < -0.39 is 0 Å². The number of H-pyrrole nitrogens is 1. The van der Waals surface area contributed by atoms with Crippen LogP contribution >= 0.6 is 0 Å². The van der Waals surface area contributed by atoms with Gasteiger partial charge in [0.2, 0.25) is 5.95 Å². The van der Waals surface area contributed by atoms with E-state index in [1.54, 1.807) is 6.20 Å². The van der Waals surface area contributed by atoms with Crippen LogP contribution in [0.2, 0.25) is 0 Å². The second-order valence-electron chi connectivity index (χ2n) is 5.42. The zero-order chi connectivity index (χ0) is 14.3. The van der Waals surface area contributed by atoms with Gasteiger partial charge in [-0.3, -0.25) is 15.4 Å². The van der Waals surface area contributed by atoms with E-state index in [0.29, 0.717) is 23.7 Å². The van der Waals surface area contributed by atoms with Crippen molar-refractivity contribution in [3.05, 3.63) is 6.20 Å². The van der Waals surface area contributed by atoms with Gasteiger partial charge in [-0.05, 0) is 20.9 Å². The molecule has 8 heteroatoms. The van der Waals surface area contributed by atoms with Gasteiger partial charge in [-0.1, -0.05) is 0 Å². The van der Waals surface area contributed by atoms with Crippen LogP contribution in [0, 0.1) is 0 Å². The van der Waals surface area contributed by atoms with Crippen molar-refractivity contribution in [2.24, 2.45) is 5.84 Å². The number of nitrogen functional groups attached to an aromatic ring is 1. The van der Waals surface area contributed by atoms with Gasteiger partial charge in [0.25, 0.3) is 0 Å². The van der Waals surface area contributed by atoms with Crippen molar-refractivity contribution in [3.8, 4) is 0 Å². The molecule has 4 N–H and O–H groups in total. The van der Waals surface area contributed by atoms with Gasteiger partial charge < -0.3 is 4.90 Å². The van der Waals surface area contributed by atoms with Gasteiger partial charge >= 0.3 is 0 Å². The lowest BCUT2D eigenvalue weighted by Gasteiger charge is -2.43. The molecule has 0 saturated carbocycles. The fraction of sp³-hybridized carbons (Fsp3) is 0.583. The highest BCUT2D eigenvalue weighted by Crippen LogP contribution is 2.27. The van der Waals surface area contributed by atoms with Crippen molar-refractivity contribution in [1.82, 2.24) is 25.1 Å². The second kappa shape index (κ2) is 4.88. The van der Waals surface area contributed by atoms with Crippen molar-refractivity contribution in [2.75, 3.05) is 30.5 Å². The van der Waals surface area contributed by atoms with Crippen LogP contribution in [0.1, 0.15) is 13.8 Å². The molecule has 0 radical (unpaired) electrons. The molecular formula is C12H20N8. The van der Waals surface area contributed by atoms with E-state index >= 15 is 0 Å². The van der Waals surface area contributed by atoms with Crippen LogP contribution in [0.4, 0.5) is 11.8 Å². The number of nitrogens with zero attached hydrogens (tertiary/aromatic N) is 5. The summed E-state index contributed by atoms with van der Waals surface area (Å²) >= 11 is 0. The average Bonchev–Trinajstić information content (AvgIpc) is 2.91. The van der Waals surface area contributed by atoms with Crippen LogP contribution in [-0.4, -0.2) is 57.3 Å². The van der Waals surface area contributed by atoms with E-state index in [0.717, 1.165) is 24.3 Å². The lowest BCUT2D eigenvalue weighted by atomic mass is 10.1. The Bertz CT molecular complexity index is 597. The first-order chi connectivity index (χ1) is 9.60. The highest BCUT2D eigenvalue weighted by atomic mass is 15.4. The van der Waals surface area contributed by atoms with Crippen LogP contribution in [0.5, 0.6) is 0 Å². The molecule has 2 aromatic rings. The third kappa shape index (κ3) is 2.06. The minimum atomic E-state index is 0.399. The number of rotatable bonds is 2. The normalized spacial score (nSPS) is 24.3. The Labute approximate surface area is 117 Å². The third-order valence-electron chi connectivity index (χ3n) is 4.08. The highest BCUT2D eigenvalue weighted by Gasteiger charge is 2.28. The van der Waals surface area contributed by atoms with E-state index in [4.69, 9.17) is 5.84 Å². The van der Waals surface area contributed by atoms with Gasteiger partial charge in [0.1, 0.15) is 5.82 Å². The summed E-state index contributed by atoms with van der Waals surface area (Å²) < 4.78 is 0. The van der Waals surface area contributed by atoms with Gasteiger partial charge in [-0.2, -0.15) is 15.1 Å². The molecule has 1 aliphatic heterocycles. The van der Waals surface area contributed by atoms with Gasteiger partial charge in [0.15, 0.2) is 5.65 Å². The molecule has 0 spiro atoms. The number of fused-ring (bicyclic) bond motifs is 1. The highest BCUT2D eigenvalue weighted by molar-refractivity contribution is 5.87. The number of likely N-dealkylation sites (N-methyl/N-ethyl adjacent to an activating group) is 1. The van der Waals surface area contributed by atoms with Crippen molar-refractivity contribution in [1.29, 1.82) is 0 Å². The molecule has 3 rings (SSSR count). The van der Waals surface area contributed by atoms with Crippen LogP contribution in [0.25, 0.3) is 11.0 Å². The molecule has 1 aliphatic rings. The van der Waals surface area contributed by atoms with Gasteiger partial charge in [0.05, 0.1) is 11.6 Å². The fourth-order valence-corrected chi connectivity index (χ4v) is 2.70. The summed E-state index contributed by atoms with van der Waals surface area (Å²) in [5, 5.41) is 7.85. The lowest BCUT2D eigenvalue weighted by molar-refractivity contribution is 0.170. The number of piperazine rings is 1. The zero-order valence-corrected chi connectivity index (χ0v) is 12.0. The van der Waals surface area contributed by atoms with Crippen LogP contribution < -0.4 is 16.2 Å². The molecule has 3 heterocycles. The Kier molecular flexibility index (Phi) is 3.19. The molecule has 1 fully saturated rings. The molecule has 0 bridgehead atoms. The first-order valence-electron chi connectivity index (χ1n) is 6.74. The van der Waals surface area contributed by atoms with Crippen LogP contribution in [0.3, 0.4) is 0 Å². The minimum absolute atomic E-state index is 0.399. The van der Waals surface area contributed by atoms with Crippen LogP contribution in [-0.2, 0) is 0 Å². The number of nitrogens with two attached hydrogens (primary N) is 1. The Morgan fingerprint density at radius 3 is 2.65 bits per heavy atom. The lowest BCUT2D eigenvalue weighted by Crippen LogP contribution is -2.55. The number of nitrogens with one attached hydrogen (secondary N) is 2. The molecule has 0 amide bonds. The number of hydrazine groups is 1. The van der Waals surface area contributed by atoms with Crippen molar-refractivity contribution >= 4 is 22.8 Å². The zero-order valence-electron chi connectivity index (χ0n) is 12.0. The van der Waals surface area contributed by atoms with E-state index in [1.165, 1.54) is 0 Å². The third-order valence-corrected chi connectivity index (χ3v) is 4.08. The molecule has 8 nitrogen and oxygen atoms in total. The Morgan fingerprint density at radius 1 is 1.30 bits per heavy atom. The maximum absolute atomic E-state index is 5.45. The standard InChI is InChI=1S/C12H20N8/c1-7-5-20(6-8(2)19(7)3)11-9-4-14-18-10(9)15-12(16-11)17-13/h4,7-8H,5-6,13H2,1-3H3,(H2,14,15,16,17,18). The van der Waals surface area contributed by atoms with E-state index in [2.05, 4.69) is 56.3 Å². The topological polar surface area (TPSA) is 99.0 Å². The molecule has 2 atom stereocenters. The molecule has 0 aromatic carbocycles. The maximum atomic E-state index is 5.45. The number of anilines is 2. The average molecular weight is 276 g/mol. The summed E-state index contributed by atoms with van der Waals surface area (Å²) in [5.41, 5.74) is 3.21. The van der Waals surface area contributed by atoms with E-state index in [-0.39, 0.29) is 0 Å². The SMILES string of the molecule is CC1CN(c2nc(NN)nc3[nH]ncc23)CC(C)N1C. The summed E-state index contributed by atoms with van der Waals surface area (Å²) in [5.74, 6) is 6.73. The Hall–Kier alpha value is -1.93. The van der Waals surface area contributed by atoms with Gasteiger partial charge in [0, 0.05) is 25.2 Å². The van der Waals surface area contributed by atoms with Crippen molar-refractivity contribution < 1.29 is 0 Å². The smallest absolute Gasteiger partial charge is 0.241 e. The Balaban J connectivity index is 2.02. The quantitative estimate of drug-likeness (QED) is 0.531. The molecule has 0 aliphatic carbocycles. The molecule has 2 unspecified atom stereocenters. The minimum Gasteiger partial charge on any atom is -0.353 e. The molecule has 1 saturated heterocycles. The van der Waals surface area contributed by atoms with E-state index in [1.807, 2.05) is 0 Å². The predicted octanol–water partition coefficient (Wildman–Crippen LogP) is 0.167. The van der Waals surface area contributed by atoms with Gasteiger partial charge in [-0.25, -0.2) is 5.84 Å².